The first-order chi connectivity index (χ1) is 15.4. The largest absolute Gasteiger partial charge is 0.326 e. The second-order valence-electron chi connectivity index (χ2n) is 8.04. The van der Waals surface area contributed by atoms with Crippen molar-refractivity contribution in [1.29, 1.82) is 0 Å². The third-order valence-electron chi connectivity index (χ3n) is 5.95. The average Bonchev–Trinajstić information content (AvgIpc) is 3.21. The van der Waals surface area contributed by atoms with Crippen LogP contribution in [0.3, 0.4) is 0 Å². The van der Waals surface area contributed by atoms with Gasteiger partial charge in [-0.3, -0.25) is 9.89 Å². The SMILES string of the molecule is NS(=O)(=O)c1cccc(-c2n[nH]c3ccc(NC(=O)[C@@H]4CCCc5ccccc54)cc23)c1. The molecule has 7 nitrogen and oxygen atoms in total. The summed E-state index contributed by atoms with van der Waals surface area (Å²) < 4.78 is 23.5. The number of nitrogens with zero attached hydrogens (tertiary/aromatic N) is 1. The van der Waals surface area contributed by atoms with Gasteiger partial charge in [-0.2, -0.15) is 5.10 Å². The molecule has 1 heterocycles. The van der Waals surface area contributed by atoms with Crippen molar-refractivity contribution in [3.63, 3.8) is 0 Å². The molecule has 1 amide bonds. The number of nitrogens with one attached hydrogen (secondary N) is 2. The molecular formula is C24H22N4O3S. The monoisotopic (exact) mass is 446 g/mol. The molecule has 1 atom stereocenters. The van der Waals surface area contributed by atoms with Crippen molar-refractivity contribution < 1.29 is 13.2 Å². The van der Waals surface area contributed by atoms with Crippen LogP contribution < -0.4 is 10.5 Å². The molecule has 0 saturated carbocycles. The molecule has 32 heavy (non-hydrogen) atoms. The van der Waals surface area contributed by atoms with Gasteiger partial charge in [-0.25, -0.2) is 13.6 Å². The fraction of sp³-hybridized carbons (Fsp3) is 0.167. The van der Waals surface area contributed by atoms with Crippen LogP contribution >= 0.6 is 0 Å². The van der Waals surface area contributed by atoms with Gasteiger partial charge in [0.05, 0.1) is 16.3 Å². The number of nitrogens with two attached hydrogens (primary N) is 1. The molecule has 3 aromatic carbocycles. The number of amides is 1. The lowest BCUT2D eigenvalue weighted by Crippen LogP contribution is -2.24. The molecule has 4 N–H and O–H groups in total. The fourth-order valence-electron chi connectivity index (χ4n) is 4.39. The maximum Gasteiger partial charge on any atom is 0.238 e. The maximum atomic E-state index is 13.1. The summed E-state index contributed by atoms with van der Waals surface area (Å²) in [5, 5.41) is 16.4. The highest BCUT2D eigenvalue weighted by Gasteiger charge is 2.26. The molecule has 0 saturated heterocycles. The van der Waals surface area contributed by atoms with Gasteiger partial charge in [-0.15, -0.1) is 0 Å². The van der Waals surface area contributed by atoms with E-state index in [-0.39, 0.29) is 16.7 Å². The predicted octanol–water partition coefficient (Wildman–Crippen LogP) is 3.94. The zero-order valence-corrected chi connectivity index (χ0v) is 18.0. The highest BCUT2D eigenvalue weighted by Crippen LogP contribution is 2.34. The Labute approximate surface area is 185 Å². The lowest BCUT2D eigenvalue weighted by Gasteiger charge is -2.24. The summed E-state index contributed by atoms with van der Waals surface area (Å²) in [5.41, 5.74) is 4.98. The van der Waals surface area contributed by atoms with E-state index in [4.69, 9.17) is 5.14 Å². The van der Waals surface area contributed by atoms with Gasteiger partial charge >= 0.3 is 0 Å². The number of aromatic amines is 1. The van der Waals surface area contributed by atoms with Gasteiger partial charge in [-0.1, -0.05) is 36.4 Å². The van der Waals surface area contributed by atoms with Gasteiger partial charge in [0.2, 0.25) is 15.9 Å². The minimum Gasteiger partial charge on any atom is -0.326 e. The molecule has 8 heteroatoms. The molecule has 0 fully saturated rings. The Balaban J connectivity index is 1.47. The summed E-state index contributed by atoms with van der Waals surface area (Å²) in [4.78, 5) is 13.1. The van der Waals surface area contributed by atoms with E-state index in [2.05, 4.69) is 21.6 Å². The van der Waals surface area contributed by atoms with Crippen molar-refractivity contribution in [2.45, 2.75) is 30.1 Å². The molecule has 0 bridgehead atoms. The predicted molar refractivity (Wildman–Crippen MR) is 124 cm³/mol. The second-order valence-corrected chi connectivity index (χ2v) is 9.60. The average molecular weight is 447 g/mol. The van der Waals surface area contributed by atoms with Crippen LogP contribution in [0.1, 0.15) is 29.9 Å². The highest BCUT2D eigenvalue weighted by atomic mass is 32.2. The first-order valence-corrected chi connectivity index (χ1v) is 11.9. The fourth-order valence-corrected chi connectivity index (χ4v) is 4.95. The zero-order chi connectivity index (χ0) is 22.3. The summed E-state index contributed by atoms with van der Waals surface area (Å²) in [6, 6.07) is 20.0. The summed E-state index contributed by atoms with van der Waals surface area (Å²) in [6.45, 7) is 0. The number of H-pyrrole nitrogens is 1. The number of rotatable bonds is 4. The van der Waals surface area contributed by atoms with Crippen molar-refractivity contribution in [3.8, 4) is 11.3 Å². The van der Waals surface area contributed by atoms with E-state index in [1.165, 1.54) is 17.7 Å². The summed E-state index contributed by atoms with van der Waals surface area (Å²) in [5.74, 6) is -0.205. The van der Waals surface area contributed by atoms with Gasteiger partial charge in [0.15, 0.2) is 0 Å². The molecule has 162 valence electrons. The first-order valence-electron chi connectivity index (χ1n) is 10.4. The zero-order valence-electron chi connectivity index (χ0n) is 17.2. The number of hydrogen-bond donors (Lipinski definition) is 3. The third kappa shape index (κ3) is 3.79. The summed E-state index contributed by atoms with van der Waals surface area (Å²) >= 11 is 0. The topological polar surface area (TPSA) is 118 Å². The smallest absolute Gasteiger partial charge is 0.238 e. The summed E-state index contributed by atoms with van der Waals surface area (Å²) in [6.07, 6.45) is 2.81. The van der Waals surface area contributed by atoms with Gasteiger partial charge < -0.3 is 5.32 Å². The van der Waals surface area contributed by atoms with E-state index in [1.54, 1.807) is 12.1 Å². The number of hydrogen-bond acceptors (Lipinski definition) is 4. The first kappa shape index (κ1) is 20.4. The molecule has 0 aliphatic heterocycles. The Morgan fingerprint density at radius 2 is 1.91 bits per heavy atom. The Morgan fingerprint density at radius 1 is 1.06 bits per heavy atom. The van der Waals surface area contributed by atoms with Crippen LogP contribution in [0.25, 0.3) is 22.2 Å². The van der Waals surface area contributed by atoms with E-state index in [0.717, 1.165) is 35.7 Å². The lowest BCUT2D eigenvalue weighted by molar-refractivity contribution is -0.117. The van der Waals surface area contributed by atoms with Crippen LogP contribution in [0.5, 0.6) is 0 Å². The number of sulfonamides is 1. The Morgan fingerprint density at radius 3 is 2.75 bits per heavy atom. The second kappa shape index (κ2) is 7.89. The number of anilines is 1. The lowest BCUT2D eigenvalue weighted by atomic mass is 9.82. The van der Waals surface area contributed by atoms with E-state index in [0.29, 0.717) is 16.9 Å². The van der Waals surface area contributed by atoms with Gasteiger partial charge in [0.1, 0.15) is 5.69 Å². The van der Waals surface area contributed by atoms with Crippen LogP contribution in [0, 0.1) is 0 Å². The molecule has 1 aromatic heterocycles. The molecule has 0 unspecified atom stereocenters. The Hall–Kier alpha value is -3.49. The van der Waals surface area contributed by atoms with Crippen molar-refractivity contribution in [2.75, 3.05) is 5.32 Å². The Bertz CT molecular complexity index is 1440. The minimum atomic E-state index is -3.83. The van der Waals surface area contributed by atoms with Crippen LogP contribution in [0.4, 0.5) is 5.69 Å². The number of fused-ring (bicyclic) bond motifs is 2. The van der Waals surface area contributed by atoms with E-state index >= 15 is 0 Å². The number of carbonyl (C=O) groups excluding carboxylic acids is 1. The van der Waals surface area contributed by atoms with E-state index in [1.807, 2.05) is 36.4 Å². The van der Waals surface area contributed by atoms with Crippen molar-refractivity contribution in [1.82, 2.24) is 10.2 Å². The molecule has 0 spiro atoms. The van der Waals surface area contributed by atoms with Crippen LogP contribution in [-0.2, 0) is 21.2 Å². The molecule has 4 aromatic rings. The Kier molecular flexibility index (Phi) is 5.03. The number of aromatic nitrogens is 2. The van der Waals surface area contributed by atoms with Gasteiger partial charge in [0, 0.05) is 16.6 Å². The quantitative estimate of drug-likeness (QED) is 0.440. The van der Waals surface area contributed by atoms with E-state index < -0.39 is 10.0 Å². The minimum absolute atomic E-state index is 0.0200. The number of benzene rings is 3. The highest BCUT2D eigenvalue weighted by molar-refractivity contribution is 7.89. The van der Waals surface area contributed by atoms with Crippen LogP contribution in [0.2, 0.25) is 0 Å². The molecule has 1 aliphatic carbocycles. The summed E-state index contributed by atoms with van der Waals surface area (Å²) in [7, 11) is -3.83. The molecular weight excluding hydrogens is 424 g/mol. The van der Waals surface area contributed by atoms with Crippen molar-refractivity contribution in [2.24, 2.45) is 5.14 Å². The van der Waals surface area contributed by atoms with E-state index in [9.17, 15) is 13.2 Å². The number of aryl methyl sites for hydroxylation is 1. The molecule has 0 radical (unpaired) electrons. The maximum absolute atomic E-state index is 13.1. The number of carbonyl (C=O) groups is 1. The van der Waals surface area contributed by atoms with Crippen molar-refractivity contribution >= 4 is 32.5 Å². The normalized spacial score (nSPS) is 16.0. The third-order valence-corrected chi connectivity index (χ3v) is 6.86. The molecule has 1 aliphatic rings. The standard InChI is InChI=1S/C24H22N4O3S/c25-32(30,31)18-8-3-7-16(13-18)23-21-14-17(11-12-22(21)27-28-23)26-24(29)20-10-4-6-15-5-1-2-9-19(15)20/h1-3,5,7-9,11-14,20H,4,6,10H2,(H,26,29)(H,27,28)(H2,25,30,31)/t20-/m1/s1. The van der Waals surface area contributed by atoms with Crippen molar-refractivity contribution in [3.05, 3.63) is 77.9 Å². The van der Waals surface area contributed by atoms with Gasteiger partial charge in [-0.05, 0) is 60.7 Å². The number of primary sulfonamides is 1. The van der Waals surface area contributed by atoms with Crippen LogP contribution in [-0.4, -0.2) is 24.5 Å². The van der Waals surface area contributed by atoms with Crippen LogP contribution in [0.15, 0.2) is 71.6 Å². The molecule has 5 rings (SSSR count). The van der Waals surface area contributed by atoms with Gasteiger partial charge in [0.25, 0.3) is 0 Å².